The zero-order valence-electron chi connectivity index (χ0n) is 25.6. The highest BCUT2D eigenvalue weighted by molar-refractivity contribution is 8.00. The van der Waals surface area contributed by atoms with Crippen molar-refractivity contribution in [3.8, 4) is 11.5 Å². The molecule has 1 amide bonds. The fraction of sp³-hybridized carbons (Fsp3) is 0.167. The summed E-state index contributed by atoms with van der Waals surface area (Å²) in [6.45, 7) is 4.76. The number of thioether (sulfide) groups is 1. The SMILES string of the molecule is CCOc1ccc(C2C(=C(O)c3ccc(OCc4ccccc4C)cc3)C(=O)C(=O)N2c2nnc(SCc3ccc(F)cc3)s2)cc1. The molecule has 6 rings (SSSR count). The Morgan fingerprint density at radius 1 is 0.915 bits per heavy atom. The lowest BCUT2D eigenvalue weighted by Gasteiger charge is -2.22. The van der Waals surface area contributed by atoms with Gasteiger partial charge in [0.15, 0.2) is 4.34 Å². The summed E-state index contributed by atoms with van der Waals surface area (Å²) in [5.41, 5.74) is 3.95. The van der Waals surface area contributed by atoms with E-state index in [0.29, 0.717) is 45.9 Å². The predicted octanol–water partition coefficient (Wildman–Crippen LogP) is 7.88. The molecule has 0 radical (unpaired) electrons. The summed E-state index contributed by atoms with van der Waals surface area (Å²) in [6.07, 6.45) is 0. The van der Waals surface area contributed by atoms with E-state index in [9.17, 15) is 19.1 Å². The molecular formula is C36H30FN3O5S2. The van der Waals surface area contributed by atoms with Crippen LogP contribution in [0.1, 0.15) is 40.8 Å². The maximum absolute atomic E-state index is 13.6. The Balaban J connectivity index is 1.30. The Bertz CT molecular complexity index is 1930. The fourth-order valence-corrected chi connectivity index (χ4v) is 6.96. The number of amides is 1. The molecule has 5 aromatic rings. The summed E-state index contributed by atoms with van der Waals surface area (Å²) in [7, 11) is 0. The number of aromatic nitrogens is 2. The van der Waals surface area contributed by atoms with E-state index in [1.807, 2.05) is 38.1 Å². The van der Waals surface area contributed by atoms with E-state index < -0.39 is 17.7 Å². The molecule has 1 N–H and O–H groups in total. The third-order valence-corrected chi connectivity index (χ3v) is 9.74. The van der Waals surface area contributed by atoms with Crippen molar-refractivity contribution in [2.24, 2.45) is 0 Å². The first-order valence-electron chi connectivity index (χ1n) is 14.8. The fourth-order valence-electron chi connectivity index (χ4n) is 5.14. The largest absolute Gasteiger partial charge is 0.507 e. The maximum Gasteiger partial charge on any atom is 0.301 e. The van der Waals surface area contributed by atoms with Gasteiger partial charge in [0.1, 0.15) is 29.7 Å². The number of benzene rings is 4. The van der Waals surface area contributed by atoms with Crippen LogP contribution in [0.5, 0.6) is 11.5 Å². The monoisotopic (exact) mass is 667 g/mol. The smallest absolute Gasteiger partial charge is 0.301 e. The number of aliphatic hydroxyl groups excluding tert-OH is 1. The molecule has 11 heteroatoms. The normalized spacial score (nSPS) is 15.6. The number of Topliss-reactive ketones (excluding diaryl/α,β-unsaturated/α-hetero) is 1. The maximum atomic E-state index is 13.6. The van der Waals surface area contributed by atoms with E-state index in [2.05, 4.69) is 10.2 Å². The third-order valence-electron chi connectivity index (χ3n) is 7.61. The van der Waals surface area contributed by atoms with Crippen LogP contribution in [0, 0.1) is 12.7 Å². The lowest BCUT2D eigenvalue weighted by molar-refractivity contribution is -0.132. The number of carbonyl (C=O) groups excluding carboxylic acids is 2. The van der Waals surface area contributed by atoms with Crippen LogP contribution in [0.3, 0.4) is 0 Å². The van der Waals surface area contributed by atoms with Crippen molar-refractivity contribution in [1.82, 2.24) is 10.2 Å². The van der Waals surface area contributed by atoms with E-state index >= 15 is 0 Å². The van der Waals surface area contributed by atoms with Gasteiger partial charge >= 0.3 is 5.91 Å². The first kappa shape index (κ1) is 32.0. The number of anilines is 1. The Labute approximate surface area is 279 Å². The van der Waals surface area contributed by atoms with E-state index in [4.69, 9.17) is 9.47 Å². The number of hydrogen-bond acceptors (Lipinski definition) is 9. The van der Waals surface area contributed by atoms with Crippen molar-refractivity contribution in [2.75, 3.05) is 11.5 Å². The number of ether oxygens (including phenoxy) is 2. The van der Waals surface area contributed by atoms with Gasteiger partial charge in [-0.25, -0.2) is 4.39 Å². The molecule has 0 aliphatic carbocycles. The van der Waals surface area contributed by atoms with Gasteiger partial charge < -0.3 is 14.6 Å². The van der Waals surface area contributed by atoms with Crippen LogP contribution >= 0.6 is 23.1 Å². The second kappa shape index (κ2) is 14.2. The first-order valence-corrected chi connectivity index (χ1v) is 16.6. The van der Waals surface area contributed by atoms with Crippen LogP contribution in [-0.2, 0) is 21.9 Å². The minimum Gasteiger partial charge on any atom is -0.507 e. The molecule has 238 valence electrons. The molecule has 8 nitrogen and oxygen atoms in total. The molecule has 1 unspecified atom stereocenters. The van der Waals surface area contributed by atoms with Gasteiger partial charge in [0.25, 0.3) is 5.78 Å². The molecule has 47 heavy (non-hydrogen) atoms. The lowest BCUT2D eigenvalue weighted by atomic mass is 9.95. The van der Waals surface area contributed by atoms with Gasteiger partial charge in [-0.3, -0.25) is 14.5 Å². The van der Waals surface area contributed by atoms with Crippen LogP contribution in [0.2, 0.25) is 0 Å². The summed E-state index contributed by atoms with van der Waals surface area (Å²) < 4.78 is 25.4. The zero-order chi connectivity index (χ0) is 32.9. The second-order valence-corrected chi connectivity index (χ2v) is 12.9. The first-order chi connectivity index (χ1) is 22.8. The minimum atomic E-state index is -0.967. The van der Waals surface area contributed by atoms with Crippen molar-refractivity contribution in [3.63, 3.8) is 0 Å². The molecule has 2 heterocycles. The van der Waals surface area contributed by atoms with Crippen molar-refractivity contribution in [3.05, 3.63) is 136 Å². The van der Waals surface area contributed by atoms with Gasteiger partial charge in [0, 0.05) is 11.3 Å². The number of aryl methyl sites for hydroxylation is 1. The number of nitrogens with zero attached hydrogens (tertiary/aromatic N) is 3. The zero-order valence-corrected chi connectivity index (χ0v) is 27.2. The van der Waals surface area contributed by atoms with Gasteiger partial charge in [0.05, 0.1) is 18.2 Å². The number of carbonyl (C=O) groups is 2. The highest BCUT2D eigenvalue weighted by atomic mass is 32.2. The molecule has 0 bridgehead atoms. The van der Waals surface area contributed by atoms with Gasteiger partial charge in [-0.05, 0) is 84.6 Å². The number of ketones is 1. The van der Waals surface area contributed by atoms with Gasteiger partial charge in [0.2, 0.25) is 5.13 Å². The number of halogens is 1. The topological polar surface area (TPSA) is 102 Å². The highest BCUT2D eigenvalue weighted by Crippen LogP contribution is 2.44. The standard InChI is InChI=1S/C36H30FN3O5S2/c1-3-44-28-16-10-24(11-17-28)31-30(32(41)25-12-18-29(19-13-25)45-20-26-7-5-4-6-22(26)2)33(42)34(43)40(31)35-38-39-36(47-35)46-21-23-8-14-27(37)15-9-23/h4-19,31,41H,3,20-21H2,1-2H3. The summed E-state index contributed by atoms with van der Waals surface area (Å²) in [4.78, 5) is 28.5. The summed E-state index contributed by atoms with van der Waals surface area (Å²) in [5.74, 6) is -0.556. The highest BCUT2D eigenvalue weighted by Gasteiger charge is 2.48. The molecule has 1 fully saturated rings. The van der Waals surface area contributed by atoms with Crippen molar-refractivity contribution >= 4 is 45.7 Å². The van der Waals surface area contributed by atoms with Crippen LogP contribution in [0.25, 0.3) is 5.76 Å². The van der Waals surface area contributed by atoms with Crippen LogP contribution in [0.15, 0.2) is 107 Å². The summed E-state index contributed by atoms with van der Waals surface area (Å²) in [6, 6.07) is 26.9. The van der Waals surface area contributed by atoms with Crippen LogP contribution in [-0.4, -0.2) is 33.6 Å². The molecule has 1 atom stereocenters. The third kappa shape index (κ3) is 7.06. The van der Waals surface area contributed by atoms with Crippen molar-refractivity contribution < 1.29 is 28.6 Å². The second-order valence-electron chi connectivity index (χ2n) is 10.7. The molecule has 1 aliphatic rings. The lowest BCUT2D eigenvalue weighted by Crippen LogP contribution is -2.29. The van der Waals surface area contributed by atoms with Crippen molar-refractivity contribution in [1.29, 1.82) is 0 Å². The number of rotatable bonds is 11. The van der Waals surface area contributed by atoms with Crippen LogP contribution < -0.4 is 14.4 Å². The minimum absolute atomic E-state index is 0.0662. The summed E-state index contributed by atoms with van der Waals surface area (Å²) >= 11 is 2.54. The average Bonchev–Trinajstić information content (AvgIpc) is 3.66. The average molecular weight is 668 g/mol. The van der Waals surface area contributed by atoms with Crippen molar-refractivity contribution in [2.45, 2.75) is 36.6 Å². The van der Waals surface area contributed by atoms with Gasteiger partial charge in [-0.2, -0.15) is 0 Å². The van der Waals surface area contributed by atoms with Gasteiger partial charge in [-0.15, -0.1) is 10.2 Å². The predicted molar refractivity (Wildman–Crippen MR) is 180 cm³/mol. The number of aliphatic hydroxyl groups is 1. The molecule has 1 saturated heterocycles. The molecular weight excluding hydrogens is 638 g/mol. The molecule has 1 aliphatic heterocycles. The Kier molecular flexibility index (Phi) is 9.65. The molecule has 0 saturated carbocycles. The van der Waals surface area contributed by atoms with Crippen LogP contribution in [0.4, 0.5) is 9.52 Å². The van der Waals surface area contributed by atoms with E-state index in [0.717, 1.165) is 28.0 Å². The Hall–Kier alpha value is -5.00. The summed E-state index contributed by atoms with van der Waals surface area (Å²) in [5, 5.41) is 20.3. The molecule has 0 spiro atoms. The van der Waals surface area contributed by atoms with E-state index in [1.165, 1.54) is 28.8 Å². The van der Waals surface area contributed by atoms with E-state index in [1.54, 1.807) is 60.7 Å². The Morgan fingerprint density at radius 3 is 2.30 bits per heavy atom. The quantitative estimate of drug-likeness (QED) is 0.0499. The molecule has 1 aromatic heterocycles. The Morgan fingerprint density at radius 2 is 1.60 bits per heavy atom. The van der Waals surface area contributed by atoms with Gasteiger partial charge in [-0.1, -0.05) is 71.6 Å². The van der Waals surface area contributed by atoms with E-state index in [-0.39, 0.29) is 22.3 Å². The number of hydrogen-bond donors (Lipinski definition) is 1. The molecule has 4 aromatic carbocycles.